The van der Waals surface area contributed by atoms with Crippen molar-refractivity contribution in [1.82, 2.24) is 4.98 Å². The van der Waals surface area contributed by atoms with E-state index in [1.54, 1.807) is 6.92 Å². The summed E-state index contributed by atoms with van der Waals surface area (Å²) in [4.78, 5) is 3.26. The molecule has 0 aliphatic rings. The highest BCUT2D eigenvalue weighted by Crippen LogP contribution is 2.14. The average molecular weight is 279 g/mol. The molecule has 1 aromatic carbocycles. The number of aromatic amines is 1. The highest BCUT2D eigenvalue weighted by molar-refractivity contribution is 5.71. The van der Waals surface area contributed by atoms with Crippen molar-refractivity contribution in [1.29, 1.82) is 0 Å². The Labute approximate surface area is 119 Å². The smallest absolute Gasteiger partial charge is 0.284 e. The Bertz CT molecular complexity index is 545. The molecule has 2 rings (SSSR count). The van der Waals surface area contributed by atoms with Gasteiger partial charge in [-0.3, -0.25) is 0 Å². The van der Waals surface area contributed by atoms with Crippen molar-refractivity contribution in [2.75, 3.05) is 13.2 Å². The second kappa shape index (κ2) is 6.83. The molecule has 0 fully saturated rings. The summed E-state index contributed by atoms with van der Waals surface area (Å²) in [6.07, 6.45) is -0.891. The van der Waals surface area contributed by atoms with Gasteiger partial charge in [0.15, 0.2) is 23.4 Å². The number of aliphatic hydroxyl groups excluding tert-OH is 1. The molecule has 0 bridgehead atoms. The van der Waals surface area contributed by atoms with Crippen molar-refractivity contribution in [3.05, 3.63) is 30.1 Å². The van der Waals surface area contributed by atoms with Crippen molar-refractivity contribution in [3.63, 3.8) is 0 Å². The molecule has 0 radical (unpaired) electrons. The first-order valence-electron chi connectivity index (χ1n) is 7.09. The van der Waals surface area contributed by atoms with Gasteiger partial charge in [0.05, 0.1) is 0 Å². The molecule has 5 nitrogen and oxygen atoms in total. The highest BCUT2D eigenvalue weighted by atomic mass is 16.7. The largest absolute Gasteiger partial charge is 0.381 e. The molecule has 2 N–H and O–H groups in total. The number of ether oxygens (including phenoxy) is 2. The molecule has 1 aromatic heterocycles. The number of imidazole rings is 1. The van der Waals surface area contributed by atoms with E-state index in [2.05, 4.69) is 4.98 Å². The van der Waals surface area contributed by atoms with E-state index in [1.807, 2.05) is 42.7 Å². The number of H-pyrrole nitrogens is 1. The van der Waals surface area contributed by atoms with E-state index in [-0.39, 0.29) is 6.29 Å². The Morgan fingerprint density at radius 2 is 1.85 bits per heavy atom. The van der Waals surface area contributed by atoms with E-state index in [0.29, 0.717) is 19.8 Å². The minimum Gasteiger partial charge on any atom is -0.381 e. The van der Waals surface area contributed by atoms with E-state index < -0.39 is 6.10 Å². The lowest BCUT2D eigenvalue weighted by Gasteiger charge is -2.16. The summed E-state index contributed by atoms with van der Waals surface area (Å²) in [5.74, 6) is 0.760. The van der Waals surface area contributed by atoms with Crippen LogP contribution in [0.2, 0.25) is 0 Å². The lowest BCUT2D eigenvalue weighted by molar-refractivity contribution is -0.696. The summed E-state index contributed by atoms with van der Waals surface area (Å²) in [6, 6.07) is 7.97. The first kappa shape index (κ1) is 15.0. The molecule has 1 heterocycles. The normalized spacial score (nSPS) is 13.2. The summed E-state index contributed by atoms with van der Waals surface area (Å²) in [6.45, 7) is 7.38. The maximum atomic E-state index is 9.94. The first-order chi connectivity index (χ1) is 9.67. The van der Waals surface area contributed by atoms with Crippen LogP contribution in [0.4, 0.5) is 0 Å². The summed E-state index contributed by atoms with van der Waals surface area (Å²) in [7, 11) is 0. The second-order valence-corrected chi connectivity index (χ2v) is 4.65. The SMILES string of the molecule is CCOC(C[n+]1c(C(C)O)[nH]c2ccccc21)OCC. The Balaban J connectivity index is 2.37. The Morgan fingerprint density at radius 1 is 1.20 bits per heavy atom. The first-order valence-corrected chi connectivity index (χ1v) is 7.09. The third kappa shape index (κ3) is 3.17. The lowest BCUT2D eigenvalue weighted by Crippen LogP contribution is -2.45. The van der Waals surface area contributed by atoms with E-state index in [0.717, 1.165) is 16.9 Å². The van der Waals surface area contributed by atoms with Gasteiger partial charge < -0.3 is 14.6 Å². The average Bonchev–Trinajstić information content (AvgIpc) is 2.79. The molecule has 0 saturated heterocycles. The van der Waals surface area contributed by atoms with Gasteiger partial charge in [0.25, 0.3) is 5.82 Å². The molecule has 0 aliphatic heterocycles. The lowest BCUT2D eigenvalue weighted by atomic mass is 10.3. The third-order valence-corrected chi connectivity index (χ3v) is 3.18. The molecule has 0 aliphatic carbocycles. The van der Waals surface area contributed by atoms with Crippen molar-refractivity contribution >= 4 is 11.0 Å². The molecular formula is C15H23N2O3+. The Morgan fingerprint density at radius 3 is 2.45 bits per heavy atom. The minimum absolute atomic E-state index is 0.313. The summed E-state index contributed by atoms with van der Waals surface area (Å²) in [5.41, 5.74) is 2.03. The molecule has 1 unspecified atom stereocenters. The van der Waals surface area contributed by atoms with Gasteiger partial charge in [-0.15, -0.1) is 0 Å². The summed E-state index contributed by atoms with van der Waals surface area (Å²) < 4.78 is 13.2. The molecular weight excluding hydrogens is 256 g/mol. The van der Waals surface area contributed by atoms with Crippen molar-refractivity contribution < 1.29 is 19.1 Å². The predicted molar refractivity (Wildman–Crippen MR) is 76.2 cm³/mol. The Hall–Kier alpha value is -1.43. The van der Waals surface area contributed by atoms with Crippen LogP contribution in [-0.2, 0) is 16.0 Å². The maximum absolute atomic E-state index is 9.94. The zero-order valence-corrected chi connectivity index (χ0v) is 12.3. The van der Waals surface area contributed by atoms with E-state index in [9.17, 15) is 5.11 Å². The topological polar surface area (TPSA) is 58.4 Å². The van der Waals surface area contributed by atoms with Gasteiger partial charge in [0, 0.05) is 13.2 Å². The van der Waals surface area contributed by atoms with Crippen LogP contribution in [-0.4, -0.2) is 29.6 Å². The number of nitrogens with zero attached hydrogens (tertiary/aromatic N) is 1. The van der Waals surface area contributed by atoms with Crippen LogP contribution in [0, 0.1) is 0 Å². The van der Waals surface area contributed by atoms with Gasteiger partial charge in [-0.2, -0.15) is 0 Å². The van der Waals surface area contributed by atoms with Crippen LogP contribution in [0.3, 0.4) is 0 Å². The molecule has 0 spiro atoms. The molecule has 20 heavy (non-hydrogen) atoms. The number of aromatic nitrogens is 2. The maximum Gasteiger partial charge on any atom is 0.284 e. The van der Waals surface area contributed by atoms with Crippen molar-refractivity contribution in [2.45, 2.75) is 39.7 Å². The number of hydrogen-bond acceptors (Lipinski definition) is 3. The fraction of sp³-hybridized carbons (Fsp3) is 0.533. The fourth-order valence-corrected chi connectivity index (χ4v) is 2.35. The van der Waals surface area contributed by atoms with Gasteiger partial charge in [-0.05, 0) is 32.9 Å². The fourth-order valence-electron chi connectivity index (χ4n) is 2.35. The molecule has 5 heteroatoms. The molecule has 110 valence electrons. The van der Waals surface area contributed by atoms with E-state index >= 15 is 0 Å². The van der Waals surface area contributed by atoms with Gasteiger partial charge in [-0.1, -0.05) is 12.1 Å². The summed E-state index contributed by atoms with van der Waals surface area (Å²) in [5, 5.41) is 9.94. The minimum atomic E-state index is -0.577. The van der Waals surface area contributed by atoms with Gasteiger partial charge in [-0.25, -0.2) is 9.55 Å². The highest BCUT2D eigenvalue weighted by Gasteiger charge is 2.25. The number of nitrogens with one attached hydrogen (secondary N) is 1. The number of fused-ring (bicyclic) bond motifs is 1. The quantitative estimate of drug-likeness (QED) is 0.601. The van der Waals surface area contributed by atoms with E-state index in [4.69, 9.17) is 9.47 Å². The molecule has 0 amide bonds. The number of benzene rings is 1. The second-order valence-electron chi connectivity index (χ2n) is 4.65. The van der Waals surface area contributed by atoms with Gasteiger partial charge in [0.1, 0.15) is 6.54 Å². The molecule has 0 saturated carbocycles. The van der Waals surface area contributed by atoms with Crippen molar-refractivity contribution in [3.8, 4) is 0 Å². The van der Waals surface area contributed by atoms with Crippen LogP contribution < -0.4 is 4.57 Å². The number of para-hydroxylation sites is 2. The van der Waals surface area contributed by atoms with Crippen molar-refractivity contribution in [2.24, 2.45) is 0 Å². The van der Waals surface area contributed by atoms with E-state index in [1.165, 1.54) is 0 Å². The summed E-state index contributed by atoms with van der Waals surface area (Å²) >= 11 is 0. The third-order valence-electron chi connectivity index (χ3n) is 3.18. The van der Waals surface area contributed by atoms with Gasteiger partial charge in [0.2, 0.25) is 0 Å². The zero-order chi connectivity index (χ0) is 14.5. The monoisotopic (exact) mass is 279 g/mol. The van der Waals surface area contributed by atoms with Crippen LogP contribution in [0.5, 0.6) is 0 Å². The van der Waals surface area contributed by atoms with Crippen LogP contribution in [0.1, 0.15) is 32.7 Å². The number of rotatable bonds is 7. The number of aliphatic hydroxyl groups is 1. The molecule has 2 aromatic rings. The zero-order valence-electron chi connectivity index (χ0n) is 12.3. The van der Waals surface area contributed by atoms with Gasteiger partial charge >= 0.3 is 0 Å². The predicted octanol–water partition coefficient (Wildman–Crippen LogP) is 1.91. The van der Waals surface area contributed by atoms with Crippen LogP contribution >= 0.6 is 0 Å². The van der Waals surface area contributed by atoms with Crippen LogP contribution in [0.25, 0.3) is 11.0 Å². The molecule has 1 atom stereocenters. The number of hydrogen-bond donors (Lipinski definition) is 2. The Kier molecular flexibility index (Phi) is 5.11. The standard InChI is InChI=1S/C15H22N2O3/c1-4-19-14(20-5-2)10-17-13-9-7-6-8-12(13)16-15(17)11(3)18/h6-9,11,14,18H,4-5,10H2,1-3H3/p+1. The van der Waals surface area contributed by atoms with Crippen LogP contribution in [0.15, 0.2) is 24.3 Å².